The third-order valence-electron chi connectivity index (χ3n) is 3.47. The standard InChI is InChI=1S/C13H25F3N2/c1-12(6-5-7-13(14,15)16)17-8-11-18-9-3-2-4-10-18/h12,17H,2-11H2,1H3. The van der Waals surface area contributed by atoms with E-state index in [0.717, 1.165) is 13.1 Å². The Morgan fingerprint density at radius 3 is 2.44 bits per heavy atom. The molecule has 1 atom stereocenters. The van der Waals surface area contributed by atoms with Crippen molar-refractivity contribution in [3.05, 3.63) is 0 Å². The zero-order valence-electron chi connectivity index (χ0n) is 11.2. The van der Waals surface area contributed by atoms with E-state index in [9.17, 15) is 13.2 Å². The molecule has 0 spiro atoms. The van der Waals surface area contributed by atoms with Crippen LogP contribution in [0.25, 0.3) is 0 Å². The summed E-state index contributed by atoms with van der Waals surface area (Å²) in [6.45, 7) is 6.21. The second-order valence-electron chi connectivity index (χ2n) is 5.26. The van der Waals surface area contributed by atoms with Crippen molar-refractivity contribution in [3.63, 3.8) is 0 Å². The Balaban J connectivity index is 1.97. The molecule has 1 fully saturated rings. The minimum absolute atomic E-state index is 0.178. The summed E-state index contributed by atoms with van der Waals surface area (Å²) < 4.78 is 35.9. The number of hydrogen-bond donors (Lipinski definition) is 1. The van der Waals surface area contributed by atoms with Gasteiger partial charge in [-0.3, -0.25) is 0 Å². The van der Waals surface area contributed by atoms with Gasteiger partial charge in [0.2, 0.25) is 0 Å². The molecule has 0 saturated carbocycles. The average Bonchev–Trinajstić information content (AvgIpc) is 2.28. The molecule has 0 aromatic heterocycles. The lowest BCUT2D eigenvalue weighted by Crippen LogP contribution is -2.38. The van der Waals surface area contributed by atoms with Crippen LogP contribution in [0.15, 0.2) is 0 Å². The molecule has 1 heterocycles. The summed E-state index contributed by atoms with van der Waals surface area (Å²) in [5.41, 5.74) is 0. The van der Waals surface area contributed by atoms with Crippen LogP contribution in [0.2, 0.25) is 0 Å². The molecule has 1 aliphatic heterocycles. The Hall–Kier alpha value is -0.290. The van der Waals surface area contributed by atoms with Crippen molar-refractivity contribution in [1.82, 2.24) is 10.2 Å². The molecule has 0 aliphatic carbocycles. The first kappa shape index (κ1) is 15.8. The molecule has 0 amide bonds. The Kier molecular flexibility index (Phi) is 7.00. The number of hydrogen-bond acceptors (Lipinski definition) is 2. The first-order valence-corrected chi connectivity index (χ1v) is 7.00. The van der Waals surface area contributed by atoms with Crippen LogP contribution in [0, 0.1) is 0 Å². The SMILES string of the molecule is CC(CCCC(F)(F)F)NCCN1CCCCC1. The van der Waals surface area contributed by atoms with Crippen LogP contribution in [-0.4, -0.2) is 43.3 Å². The number of nitrogens with zero attached hydrogens (tertiary/aromatic N) is 1. The zero-order chi connectivity index (χ0) is 13.4. The first-order valence-electron chi connectivity index (χ1n) is 7.00. The van der Waals surface area contributed by atoms with Crippen LogP contribution < -0.4 is 5.32 Å². The van der Waals surface area contributed by atoms with Crippen molar-refractivity contribution in [3.8, 4) is 0 Å². The topological polar surface area (TPSA) is 15.3 Å². The molecule has 2 nitrogen and oxygen atoms in total. The predicted molar refractivity (Wildman–Crippen MR) is 67.7 cm³/mol. The molecule has 18 heavy (non-hydrogen) atoms. The highest BCUT2D eigenvalue weighted by Gasteiger charge is 2.26. The lowest BCUT2D eigenvalue weighted by molar-refractivity contribution is -0.135. The second kappa shape index (κ2) is 8.00. The van der Waals surface area contributed by atoms with E-state index in [1.165, 1.54) is 32.4 Å². The molecule has 0 radical (unpaired) electrons. The van der Waals surface area contributed by atoms with E-state index >= 15 is 0 Å². The zero-order valence-corrected chi connectivity index (χ0v) is 11.2. The summed E-state index contributed by atoms with van der Waals surface area (Å²) in [5.74, 6) is 0. The predicted octanol–water partition coefficient (Wildman–Crippen LogP) is 3.18. The molecule has 0 bridgehead atoms. The van der Waals surface area contributed by atoms with Gasteiger partial charge in [0, 0.05) is 25.6 Å². The summed E-state index contributed by atoms with van der Waals surface area (Å²) in [6, 6.07) is 0.178. The molecular formula is C13H25F3N2. The number of likely N-dealkylation sites (tertiary alicyclic amines) is 1. The molecule has 1 saturated heterocycles. The highest BCUT2D eigenvalue weighted by molar-refractivity contribution is 4.68. The van der Waals surface area contributed by atoms with E-state index in [1.807, 2.05) is 6.92 Å². The normalized spacial score (nSPS) is 20.0. The summed E-state index contributed by atoms with van der Waals surface area (Å²) in [4.78, 5) is 2.43. The monoisotopic (exact) mass is 266 g/mol. The second-order valence-corrected chi connectivity index (χ2v) is 5.26. The van der Waals surface area contributed by atoms with E-state index < -0.39 is 12.6 Å². The van der Waals surface area contributed by atoms with E-state index in [0.29, 0.717) is 6.42 Å². The van der Waals surface area contributed by atoms with Gasteiger partial charge >= 0.3 is 6.18 Å². The molecule has 0 aromatic carbocycles. The van der Waals surface area contributed by atoms with Crippen molar-refractivity contribution < 1.29 is 13.2 Å². The Morgan fingerprint density at radius 1 is 1.17 bits per heavy atom. The van der Waals surface area contributed by atoms with Gasteiger partial charge in [-0.1, -0.05) is 6.42 Å². The van der Waals surface area contributed by atoms with E-state index in [1.54, 1.807) is 0 Å². The van der Waals surface area contributed by atoms with Gasteiger partial charge < -0.3 is 10.2 Å². The first-order chi connectivity index (χ1) is 8.47. The fourth-order valence-electron chi connectivity index (χ4n) is 2.36. The highest BCUT2D eigenvalue weighted by Crippen LogP contribution is 2.22. The van der Waals surface area contributed by atoms with Gasteiger partial charge in [-0.15, -0.1) is 0 Å². The summed E-state index contributed by atoms with van der Waals surface area (Å²) in [7, 11) is 0. The maximum Gasteiger partial charge on any atom is 0.389 e. The molecule has 1 unspecified atom stereocenters. The maximum atomic E-state index is 12.0. The molecule has 1 rings (SSSR count). The minimum Gasteiger partial charge on any atom is -0.313 e. The van der Waals surface area contributed by atoms with Crippen molar-refractivity contribution >= 4 is 0 Å². The molecule has 108 valence electrons. The molecule has 5 heteroatoms. The van der Waals surface area contributed by atoms with E-state index in [-0.39, 0.29) is 12.5 Å². The number of halogens is 3. The fourth-order valence-corrected chi connectivity index (χ4v) is 2.36. The van der Waals surface area contributed by atoms with Gasteiger partial charge in [0.05, 0.1) is 0 Å². The Labute approximate surface area is 108 Å². The third kappa shape index (κ3) is 7.93. The third-order valence-corrected chi connectivity index (χ3v) is 3.47. The van der Waals surface area contributed by atoms with Crippen LogP contribution in [0.1, 0.15) is 45.4 Å². The number of alkyl halides is 3. The summed E-state index contributed by atoms with van der Waals surface area (Å²) in [5, 5.41) is 3.31. The lowest BCUT2D eigenvalue weighted by atomic mass is 10.1. The van der Waals surface area contributed by atoms with Crippen LogP contribution in [0.3, 0.4) is 0 Å². The van der Waals surface area contributed by atoms with Crippen molar-refractivity contribution in [2.24, 2.45) is 0 Å². The van der Waals surface area contributed by atoms with Gasteiger partial charge in [-0.2, -0.15) is 13.2 Å². The van der Waals surface area contributed by atoms with E-state index in [2.05, 4.69) is 10.2 Å². The van der Waals surface area contributed by atoms with Crippen molar-refractivity contribution in [2.45, 2.75) is 57.7 Å². The van der Waals surface area contributed by atoms with Crippen molar-refractivity contribution in [2.75, 3.05) is 26.2 Å². The Morgan fingerprint density at radius 2 is 1.83 bits per heavy atom. The Bertz CT molecular complexity index is 213. The number of nitrogens with one attached hydrogen (secondary N) is 1. The highest BCUT2D eigenvalue weighted by atomic mass is 19.4. The van der Waals surface area contributed by atoms with Crippen molar-refractivity contribution in [1.29, 1.82) is 0 Å². The van der Waals surface area contributed by atoms with Crippen LogP contribution in [-0.2, 0) is 0 Å². The van der Waals surface area contributed by atoms with E-state index in [4.69, 9.17) is 0 Å². The van der Waals surface area contributed by atoms with Crippen LogP contribution in [0.5, 0.6) is 0 Å². The van der Waals surface area contributed by atoms with Gasteiger partial charge in [-0.25, -0.2) is 0 Å². The average molecular weight is 266 g/mol. The quantitative estimate of drug-likeness (QED) is 0.761. The number of rotatable bonds is 7. The maximum absolute atomic E-state index is 12.0. The molecule has 1 aliphatic rings. The summed E-state index contributed by atoms with van der Waals surface area (Å²) in [6.07, 6.45) is 0.0413. The lowest BCUT2D eigenvalue weighted by Gasteiger charge is -2.27. The van der Waals surface area contributed by atoms with Gasteiger partial charge in [0.25, 0.3) is 0 Å². The van der Waals surface area contributed by atoms with Crippen LogP contribution in [0.4, 0.5) is 13.2 Å². The van der Waals surface area contributed by atoms with Gasteiger partial charge in [-0.05, 0) is 45.7 Å². The smallest absolute Gasteiger partial charge is 0.313 e. The van der Waals surface area contributed by atoms with Crippen LogP contribution >= 0.6 is 0 Å². The van der Waals surface area contributed by atoms with Gasteiger partial charge in [0.1, 0.15) is 0 Å². The molecular weight excluding hydrogens is 241 g/mol. The minimum atomic E-state index is -4.01. The molecule has 1 N–H and O–H groups in total. The fraction of sp³-hybridized carbons (Fsp3) is 1.00. The number of piperidine rings is 1. The molecule has 0 aromatic rings. The largest absolute Gasteiger partial charge is 0.389 e. The van der Waals surface area contributed by atoms with Gasteiger partial charge in [0.15, 0.2) is 0 Å². The summed E-state index contributed by atoms with van der Waals surface area (Å²) >= 11 is 0.